The molecule has 4 nitrogen and oxygen atoms in total. The Morgan fingerprint density at radius 1 is 1.25 bits per heavy atom. The van der Waals surface area contributed by atoms with Crippen LogP contribution in [0.25, 0.3) is 22.6 Å². The highest BCUT2D eigenvalue weighted by Crippen LogP contribution is 2.31. The van der Waals surface area contributed by atoms with Gasteiger partial charge in [0, 0.05) is 10.6 Å². The number of hydrogen-bond acceptors (Lipinski definition) is 3. The third-order valence-electron chi connectivity index (χ3n) is 3.14. The van der Waals surface area contributed by atoms with Gasteiger partial charge >= 0.3 is 5.97 Å². The van der Waals surface area contributed by atoms with E-state index in [2.05, 4.69) is 4.98 Å². The third-order valence-corrected chi connectivity index (χ3v) is 3.55. The van der Waals surface area contributed by atoms with Gasteiger partial charge < -0.3 is 9.52 Å². The van der Waals surface area contributed by atoms with Gasteiger partial charge in [0.2, 0.25) is 5.89 Å². The fraction of sp³-hybridized carbons (Fsp3) is 0.0667. The summed E-state index contributed by atoms with van der Waals surface area (Å²) in [5.41, 5.74) is 2.48. The van der Waals surface area contributed by atoms with Gasteiger partial charge in [-0.25, -0.2) is 9.78 Å². The van der Waals surface area contributed by atoms with Crippen molar-refractivity contribution in [2.24, 2.45) is 0 Å². The Morgan fingerprint density at radius 3 is 2.75 bits per heavy atom. The summed E-state index contributed by atoms with van der Waals surface area (Å²) < 4.78 is 5.63. The number of aromatic nitrogens is 1. The van der Waals surface area contributed by atoms with E-state index in [4.69, 9.17) is 21.1 Å². The van der Waals surface area contributed by atoms with Crippen molar-refractivity contribution in [2.75, 3.05) is 0 Å². The van der Waals surface area contributed by atoms with Gasteiger partial charge in [-0.3, -0.25) is 0 Å². The fourth-order valence-corrected chi connectivity index (χ4v) is 2.25. The normalized spacial score (nSPS) is 10.9. The minimum absolute atomic E-state index is 0.0981. The average molecular weight is 288 g/mol. The lowest BCUT2D eigenvalue weighted by atomic mass is 10.1. The lowest BCUT2D eigenvalue weighted by Crippen LogP contribution is -1.95. The highest BCUT2D eigenvalue weighted by atomic mass is 35.5. The molecule has 0 atom stereocenters. The van der Waals surface area contributed by atoms with Crippen molar-refractivity contribution in [3.8, 4) is 11.5 Å². The molecule has 0 aliphatic rings. The van der Waals surface area contributed by atoms with Crippen LogP contribution in [0.15, 0.2) is 40.8 Å². The van der Waals surface area contributed by atoms with Gasteiger partial charge in [-0.2, -0.15) is 0 Å². The highest BCUT2D eigenvalue weighted by Gasteiger charge is 2.17. The van der Waals surface area contributed by atoms with Crippen molar-refractivity contribution in [1.29, 1.82) is 0 Å². The van der Waals surface area contributed by atoms with Crippen molar-refractivity contribution < 1.29 is 14.3 Å². The van der Waals surface area contributed by atoms with E-state index in [0.29, 0.717) is 16.4 Å². The van der Waals surface area contributed by atoms with Crippen LogP contribution in [0, 0.1) is 6.92 Å². The van der Waals surface area contributed by atoms with Gasteiger partial charge in [0.15, 0.2) is 5.58 Å². The van der Waals surface area contributed by atoms with Crippen LogP contribution in [0.1, 0.15) is 15.9 Å². The Hall–Kier alpha value is -2.33. The van der Waals surface area contributed by atoms with Crippen molar-refractivity contribution in [2.45, 2.75) is 6.92 Å². The molecule has 0 aliphatic carbocycles. The summed E-state index contributed by atoms with van der Waals surface area (Å²) in [6.07, 6.45) is 0. The highest BCUT2D eigenvalue weighted by molar-refractivity contribution is 6.31. The summed E-state index contributed by atoms with van der Waals surface area (Å²) in [6.45, 7) is 1.87. The van der Waals surface area contributed by atoms with Crippen molar-refractivity contribution in [3.05, 3.63) is 52.5 Å². The number of carbonyl (C=O) groups is 1. The maximum Gasteiger partial charge on any atom is 0.339 e. The minimum atomic E-state index is -1.04. The zero-order chi connectivity index (χ0) is 14.3. The second-order valence-electron chi connectivity index (χ2n) is 4.39. The molecule has 100 valence electrons. The molecule has 0 unspecified atom stereocenters. The number of rotatable bonds is 2. The lowest BCUT2D eigenvalue weighted by molar-refractivity contribution is 0.0698. The Kier molecular flexibility index (Phi) is 2.95. The monoisotopic (exact) mass is 287 g/mol. The number of carboxylic acid groups (broad SMARTS) is 1. The van der Waals surface area contributed by atoms with E-state index in [1.54, 1.807) is 24.3 Å². The number of nitrogens with zero attached hydrogens (tertiary/aromatic N) is 1. The standard InChI is InChI=1S/C15H10ClNO3/c1-8-9(4-2-6-11(8)16)14-17-12-7-3-5-10(15(18)19)13(12)20-14/h2-7H,1H3,(H,18,19). The quantitative estimate of drug-likeness (QED) is 0.769. The van der Waals surface area contributed by atoms with E-state index in [9.17, 15) is 4.79 Å². The van der Waals surface area contributed by atoms with Gasteiger partial charge in [-0.05, 0) is 36.8 Å². The molecule has 1 heterocycles. The number of para-hydroxylation sites is 1. The molecule has 0 bridgehead atoms. The molecule has 0 amide bonds. The summed E-state index contributed by atoms with van der Waals surface area (Å²) in [7, 11) is 0. The number of halogens is 1. The molecule has 0 radical (unpaired) electrons. The van der Waals surface area contributed by atoms with E-state index < -0.39 is 5.97 Å². The molecule has 3 aromatic rings. The molecule has 1 N–H and O–H groups in total. The van der Waals surface area contributed by atoms with Gasteiger partial charge in [-0.1, -0.05) is 23.7 Å². The molecule has 2 aromatic carbocycles. The molecule has 0 saturated heterocycles. The lowest BCUT2D eigenvalue weighted by Gasteiger charge is -2.02. The maximum absolute atomic E-state index is 11.2. The van der Waals surface area contributed by atoms with Crippen LogP contribution in [0.2, 0.25) is 5.02 Å². The Balaban J connectivity index is 2.26. The van der Waals surface area contributed by atoms with E-state index in [-0.39, 0.29) is 11.1 Å². The summed E-state index contributed by atoms with van der Waals surface area (Å²) in [4.78, 5) is 15.5. The molecular formula is C15H10ClNO3. The van der Waals surface area contributed by atoms with Gasteiger partial charge in [0.1, 0.15) is 11.1 Å². The van der Waals surface area contributed by atoms with E-state index in [0.717, 1.165) is 11.1 Å². The number of benzene rings is 2. The summed E-state index contributed by atoms with van der Waals surface area (Å²) in [5, 5.41) is 9.77. The average Bonchev–Trinajstić information content (AvgIpc) is 2.84. The first-order valence-corrected chi connectivity index (χ1v) is 6.34. The number of hydrogen-bond donors (Lipinski definition) is 1. The number of oxazole rings is 1. The molecule has 5 heteroatoms. The van der Waals surface area contributed by atoms with Gasteiger partial charge in [0.25, 0.3) is 0 Å². The van der Waals surface area contributed by atoms with Crippen LogP contribution in [0.5, 0.6) is 0 Å². The predicted octanol–water partition coefficient (Wildman–Crippen LogP) is 4.15. The van der Waals surface area contributed by atoms with E-state index >= 15 is 0 Å². The number of fused-ring (bicyclic) bond motifs is 1. The SMILES string of the molecule is Cc1c(Cl)cccc1-c1nc2cccc(C(=O)O)c2o1. The van der Waals surface area contributed by atoms with Crippen LogP contribution in [0.4, 0.5) is 0 Å². The second kappa shape index (κ2) is 4.65. The van der Waals surface area contributed by atoms with Crippen LogP contribution in [-0.4, -0.2) is 16.1 Å². The first-order chi connectivity index (χ1) is 9.58. The van der Waals surface area contributed by atoms with E-state index in [1.807, 2.05) is 13.0 Å². The smallest absolute Gasteiger partial charge is 0.339 e. The minimum Gasteiger partial charge on any atom is -0.478 e. The van der Waals surface area contributed by atoms with Crippen molar-refractivity contribution >= 4 is 28.7 Å². The molecule has 0 fully saturated rings. The van der Waals surface area contributed by atoms with Crippen LogP contribution >= 0.6 is 11.6 Å². The Morgan fingerprint density at radius 2 is 2.00 bits per heavy atom. The summed E-state index contributed by atoms with van der Waals surface area (Å²) in [5.74, 6) is -0.671. The van der Waals surface area contributed by atoms with Gasteiger partial charge in [0.05, 0.1) is 0 Å². The number of carboxylic acids is 1. The zero-order valence-corrected chi connectivity index (χ0v) is 11.3. The predicted molar refractivity (Wildman–Crippen MR) is 76.2 cm³/mol. The van der Waals surface area contributed by atoms with Crippen molar-refractivity contribution in [1.82, 2.24) is 4.98 Å². The number of aromatic carboxylic acids is 1. The summed E-state index contributed by atoms with van der Waals surface area (Å²) >= 11 is 6.08. The second-order valence-corrected chi connectivity index (χ2v) is 4.80. The third kappa shape index (κ3) is 1.94. The topological polar surface area (TPSA) is 63.3 Å². The Labute approximate surface area is 119 Å². The molecule has 0 spiro atoms. The first-order valence-electron chi connectivity index (χ1n) is 5.96. The molecule has 3 rings (SSSR count). The van der Waals surface area contributed by atoms with Crippen LogP contribution < -0.4 is 0 Å². The summed E-state index contributed by atoms with van der Waals surface area (Å²) in [6, 6.07) is 10.3. The molecular weight excluding hydrogens is 278 g/mol. The van der Waals surface area contributed by atoms with Crippen LogP contribution in [0.3, 0.4) is 0 Å². The molecule has 1 aromatic heterocycles. The zero-order valence-electron chi connectivity index (χ0n) is 10.6. The Bertz CT molecular complexity index is 823. The van der Waals surface area contributed by atoms with E-state index in [1.165, 1.54) is 6.07 Å². The molecule has 0 saturated carbocycles. The molecule has 20 heavy (non-hydrogen) atoms. The maximum atomic E-state index is 11.2. The molecule has 0 aliphatic heterocycles. The fourth-order valence-electron chi connectivity index (χ4n) is 2.07. The van der Waals surface area contributed by atoms with Crippen molar-refractivity contribution in [3.63, 3.8) is 0 Å². The largest absolute Gasteiger partial charge is 0.478 e. The first kappa shape index (κ1) is 12.7. The van der Waals surface area contributed by atoms with Gasteiger partial charge in [-0.15, -0.1) is 0 Å². The van der Waals surface area contributed by atoms with Crippen LogP contribution in [-0.2, 0) is 0 Å².